The number of nitrogen functional groups attached to an aromatic ring is 1. The van der Waals surface area contributed by atoms with Gasteiger partial charge in [0.05, 0.1) is 0 Å². The van der Waals surface area contributed by atoms with Crippen LogP contribution in [0.2, 0.25) is 0 Å². The summed E-state index contributed by atoms with van der Waals surface area (Å²) in [5.41, 5.74) is 5.18. The third-order valence-electron chi connectivity index (χ3n) is 3.12. The van der Waals surface area contributed by atoms with Crippen molar-refractivity contribution < 1.29 is 4.39 Å². The molecule has 1 fully saturated rings. The Kier molecular flexibility index (Phi) is 2.96. The zero-order valence-corrected chi connectivity index (χ0v) is 9.32. The van der Waals surface area contributed by atoms with E-state index in [1.165, 1.54) is 10.8 Å². The molecular weight excluding hydrogens is 209 g/mol. The normalized spacial score (nSPS) is 18.9. The molecule has 1 aromatic heterocycles. The van der Waals surface area contributed by atoms with Gasteiger partial charge in [-0.3, -0.25) is 4.79 Å². The Bertz CT molecular complexity index is 435. The van der Waals surface area contributed by atoms with E-state index in [9.17, 15) is 9.18 Å². The summed E-state index contributed by atoms with van der Waals surface area (Å²) in [5, 5.41) is 0. The van der Waals surface area contributed by atoms with Crippen LogP contribution in [0, 0.1) is 5.82 Å². The lowest BCUT2D eigenvalue weighted by atomic mass is 10.1. The van der Waals surface area contributed by atoms with Gasteiger partial charge in [-0.15, -0.1) is 0 Å². The molecule has 4 nitrogen and oxygen atoms in total. The third-order valence-corrected chi connectivity index (χ3v) is 3.12. The van der Waals surface area contributed by atoms with Crippen molar-refractivity contribution in [3.05, 3.63) is 28.4 Å². The highest BCUT2D eigenvalue weighted by Gasteiger charge is 2.20. The third kappa shape index (κ3) is 2.09. The SMILES string of the molecule is CN1CCC(n2cc(F)cc(N)c2=O)CC1. The molecule has 0 atom stereocenters. The predicted molar refractivity (Wildman–Crippen MR) is 60.8 cm³/mol. The van der Waals surface area contributed by atoms with Crippen molar-refractivity contribution in [2.45, 2.75) is 18.9 Å². The van der Waals surface area contributed by atoms with Gasteiger partial charge < -0.3 is 15.2 Å². The number of nitrogens with two attached hydrogens (primary N) is 1. The van der Waals surface area contributed by atoms with E-state index >= 15 is 0 Å². The van der Waals surface area contributed by atoms with Gasteiger partial charge in [0.25, 0.3) is 5.56 Å². The number of halogens is 1. The maximum absolute atomic E-state index is 13.2. The van der Waals surface area contributed by atoms with Gasteiger partial charge in [-0.2, -0.15) is 0 Å². The first kappa shape index (κ1) is 11.1. The van der Waals surface area contributed by atoms with Crippen molar-refractivity contribution in [3.63, 3.8) is 0 Å². The molecule has 2 rings (SSSR count). The molecule has 0 aromatic carbocycles. The highest BCUT2D eigenvalue weighted by Crippen LogP contribution is 2.20. The minimum absolute atomic E-state index is 0.0149. The van der Waals surface area contributed by atoms with E-state index in [2.05, 4.69) is 4.90 Å². The van der Waals surface area contributed by atoms with Gasteiger partial charge in [0, 0.05) is 18.3 Å². The van der Waals surface area contributed by atoms with Crippen LogP contribution in [0.1, 0.15) is 18.9 Å². The summed E-state index contributed by atoms with van der Waals surface area (Å²) < 4.78 is 14.6. The highest BCUT2D eigenvalue weighted by molar-refractivity contribution is 5.34. The number of hydrogen-bond acceptors (Lipinski definition) is 3. The van der Waals surface area contributed by atoms with Crippen molar-refractivity contribution in [1.29, 1.82) is 0 Å². The summed E-state index contributed by atoms with van der Waals surface area (Å²) in [7, 11) is 2.04. The Hall–Kier alpha value is -1.36. The van der Waals surface area contributed by atoms with Crippen LogP contribution in [0.15, 0.2) is 17.1 Å². The van der Waals surface area contributed by atoms with Crippen LogP contribution < -0.4 is 11.3 Å². The Labute approximate surface area is 93.5 Å². The molecule has 1 aliphatic rings. The van der Waals surface area contributed by atoms with E-state index in [0.717, 1.165) is 32.0 Å². The van der Waals surface area contributed by atoms with Gasteiger partial charge in [-0.1, -0.05) is 0 Å². The van der Waals surface area contributed by atoms with Crippen LogP contribution in [0.25, 0.3) is 0 Å². The van der Waals surface area contributed by atoms with Crippen molar-refractivity contribution in [3.8, 4) is 0 Å². The zero-order valence-electron chi connectivity index (χ0n) is 9.32. The van der Waals surface area contributed by atoms with Crippen LogP contribution in [0.5, 0.6) is 0 Å². The fourth-order valence-corrected chi connectivity index (χ4v) is 2.13. The number of rotatable bonds is 1. The van der Waals surface area contributed by atoms with Gasteiger partial charge in [0.2, 0.25) is 0 Å². The Balaban J connectivity index is 2.30. The lowest BCUT2D eigenvalue weighted by Gasteiger charge is -2.30. The van der Waals surface area contributed by atoms with E-state index < -0.39 is 5.82 Å². The summed E-state index contributed by atoms with van der Waals surface area (Å²) in [4.78, 5) is 14.0. The first-order valence-corrected chi connectivity index (χ1v) is 5.43. The molecule has 0 unspecified atom stereocenters. The second-order valence-electron chi connectivity index (χ2n) is 4.36. The smallest absolute Gasteiger partial charge is 0.274 e. The van der Waals surface area contributed by atoms with Crippen molar-refractivity contribution in [1.82, 2.24) is 9.47 Å². The summed E-state index contributed by atoms with van der Waals surface area (Å²) in [5.74, 6) is -0.448. The Morgan fingerprint density at radius 3 is 2.69 bits per heavy atom. The van der Waals surface area contributed by atoms with Crippen molar-refractivity contribution in [2.24, 2.45) is 0 Å². The fraction of sp³-hybridized carbons (Fsp3) is 0.545. The number of pyridine rings is 1. The number of aromatic nitrogens is 1. The van der Waals surface area contributed by atoms with Gasteiger partial charge >= 0.3 is 0 Å². The molecule has 0 amide bonds. The highest BCUT2D eigenvalue weighted by atomic mass is 19.1. The largest absolute Gasteiger partial charge is 0.394 e. The van der Waals surface area contributed by atoms with E-state index in [1.807, 2.05) is 7.05 Å². The van der Waals surface area contributed by atoms with Crippen molar-refractivity contribution >= 4 is 5.69 Å². The molecule has 0 bridgehead atoms. The zero-order chi connectivity index (χ0) is 11.7. The predicted octanol–water partition coefficient (Wildman–Crippen LogP) is 0.836. The molecule has 0 spiro atoms. The molecule has 5 heteroatoms. The average molecular weight is 225 g/mol. The minimum atomic E-state index is -0.448. The lowest BCUT2D eigenvalue weighted by molar-refractivity contribution is 0.218. The number of likely N-dealkylation sites (tertiary alicyclic amines) is 1. The van der Waals surface area contributed by atoms with E-state index in [0.29, 0.717) is 0 Å². The van der Waals surface area contributed by atoms with Gasteiger partial charge in [-0.05, 0) is 33.0 Å². The maximum Gasteiger partial charge on any atom is 0.274 e. The molecule has 2 heterocycles. The summed E-state index contributed by atoms with van der Waals surface area (Å²) in [6.45, 7) is 1.85. The average Bonchev–Trinajstić information content (AvgIpc) is 2.25. The number of anilines is 1. The molecule has 1 aliphatic heterocycles. The Morgan fingerprint density at radius 2 is 2.06 bits per heavy atom. The second kappa shape index (κ2) is 4.25. The summed E-state index contributed by atoms with van der Waals surface area (Å²) in [6, 6.07) is 1.15. The minimum Gasteiger partial charge on any atom is -0.394 e. The van der Waals surface area contributed by atoms with Crippen LogP contribution in [0.4, 0.5) is 10.1 Å². The Morgan fingerprint density at radius 1 is 1.44 bits per heavy atom. The molecule has 0 aliphatic carbocycles. The molecule has 1 saturated heterocycles. The fourth-order valence-electron chi connectivity index (χ4n) is 2.13. The van der Waals surface area contributed by atoms with Gasteiger partial charge in [-0.25, -0.2) is 4.39 Å². The van der Waals surface area contributed by atoms with Gasteiger partial charge in [0.15, 0.2) is 0 Å². The summed E-state index contributed by atoms with van der Waals surface area (Å²) >= 11 is 0. The molecule has 2 N–H and O–H groups in total. The van der Waals surface area contributed by atoms with Crippen LogP contribution >= 0.6 is 0 Å². The second-order valence-corrected chi connectivity index (χ2v) is 4.36. The monoisotopic (exact) mass is 225 g/mol. The molecule has 0 saturated carbocycles. The van der Waals surface area contributed by atoms with E-state index in [1.54, 1.807) is 0 Å². The molecular formula is C11H16FN3O. The molecule has 16 heavy (non-hydrogen) atoms. The van der Waals surface area contributed by atoms with E-state index in [-0.39, 0.29) is 17.3 Å². The van der Waals surface area contributed by atoms with Crippen LogP contribution in [0.3, 0.4) is 0 Å². The first-order chi connectivity index (χ1) is 7.58. The summed E-state index contributed by atoms with van der Waals surface area (Å²) in [6.07, 6.45) is 2.98. The number of piperidine rings is 1. The molecule has 0 radical (unpaired) electrons. The molecule has 88 valence electrons. The number of nitrogens with zero attached hydrogens (tertiary/aromatic N) is 2. The molecule has 1 aromatic rings. The topological polar surface area (TPSA) is 51.3 Å². The first-order valence-electron chi connectivity index (χ1n) is 5.43. The maximum atomic E-state index is 13.2. The van der Waals surface area contributed by atoms with Crippen LogP contribution in [-0.4, -0.2) is 29.6 Å². The van der Waals surface area contributed by atoms with Crippen molar-refractivity contribution in [2.75, 3.05) is 25.9 Å². The van der Waals surface area contributed by atoms with Crippen LogP contribution in [-0.2, 0) is 0 Å². The standard InChI is InChI=1S/C11H16FN3O/c1-14-4-2-9(3-5-14)15-7-8(12)6-10(13)11(15)16/h6-7,9H,2-5,13H2,1H3. The van der Waals surface area contributed by atoms with E-state index in [4.69, 9.17) is 5.73 Å². The quantitative estimate of drug-likeness (QED) is 0.770. The number of hydrogen-bond donors (Lipinski definition) is 1. The van der Waals surface area contributed by atoms with Gasteiger partial charge in [0.1, 0.15) is 11.5 Å². The lowest BCUT2D eigenvalue weighted by Crippen LogP contribution is -2.36.